The molecule has 0 rings (SSSR count). The first-order chi connectivity index (χ1) is 16.3. The Bertz CT molecular complexity index is 488. The number of rotatable bonds is 18. The smallest absolute Gasteiger partial charge is 0.138 e. The van der Waals surface area contributed by atoms with Crippen molar-refractivity contribution in [2.24, 2.45) is 11.8 Å². The minimum Gasteiger partial charge on any atom is -0.549 e. The zero-order valence-corrected chi connectivity index (χ0v) is 26.0. The molecule has 0 heterocycles. The van der Waals surface area contributed by atoms with Gasteiger partial charge in [0.25, 0.3) is 0 Å². The Morgan fingerprint density at radius 3 is 1.14 bits per heavy atom. The van der Waals surface area contributed by atoms with Gasteiger partial charge in [-0.15, -0.1) is 0 Å². The van der Waals surface area contributed by atoms with Gasteiger partial charge in [0.05, 0.1) is 23.8 Å². The minimum absolute atomic E-state index is 0.295. The van der Waals surface area contributed by atoms with E-state index in [9.17, 15) is 29.4 Å². The summed E-state index contributed by atoms with van der Waals surface area (Å²) in [6.07, 6.45) is 9.53. The van der Waals surface area contributed by atoms with Crippen LogP contribution in [0.1, 0.15) is 120 Å². The van der Waals surface area contributed by atoms with E-state index in [0.29, 0.717) is 25.0 Å². The fraction of sp³-hybridized carbons (Fsp3) is 0.846. The molecule has 0 aromatic heterocycles. The molecule has 0 saturated heterocycles. The van der Waals surface area contributed by atoms with Crippen LogP contribution >= 0.6 is 0 Å². The quantitative estimate of drug-likeness (QED) is 0.132. The average molecular weight is 607 g/mol. The van der Waals surface area contributed by atoms with Gasteiger partial charge in [-0.3, -0.25) is 9.59 Å². The molecule has 204 valence electrons. The number of Topliss-reactive ketones (excluding diaryl/α,β-unsaturated/α-hetero) is 2. The number of aliphatic carboxylic acids is 2. The summed E-state index contributed by atoms with van der Waals surface area (Å²) in [6, 6.07) is 0. The van der Waals surface area contributed by atoms with E-state index in [2.05, 4.69) is 13.8 Å². The van der Waals surface area contributed by atoms with E-state index in [1.165, 1.54) is 13.8 Å². The van der Waals surface area contributed by atoms with Crippen molar-refractivity contribution in [1.82, 2.24) is 0 Å². The molecule has 0 aliphatic heterocycles. The number of carboxylic acids is 2. The number of unbranched alkanes of at least 4 members (excludes halogenated alkanes) is 6. The Morgan fingerprint density at radius 1 is 0.629 bits per heavy atom. The molecule has 8 nitrogen and oxygen atoms in total. The van der Waals surface area contributed by atoms with Gasteiger partial charge in [0.15, 0.2) is 0 Å². The van der Waals surface area contributed by atoms with Gasteiger partial charge in [0.2, 0.25) is 0 Å². The third kappa shape index (κ3) is 29.1. The second-order valence-corrected chi connectivity index (χ2v) is 10.9. The maximum atomic E-state index is 10.8. The average Bonchev–Trinajstić information content (AvgIpc) is 2.73. The third-order valence-electron chi connectivity index (χ3n) is 4.81. The molecular formula is C26H48O8Sn. The zero-order chi connectivity index (χ0) is 27.8. The van der Waals surface area contributed by atoms with Gasteiger partial charge in [-0.2, -0.15) is 0 Å². The molecule has 0 aliphatic rings. The van der Waals surface area contributed by atoms with E-state index >= 15 is 0 Å². The molecule has 2 unspecified atom stereocenters. The fourth-order valence-electron chi connectivity index (χ4n) is 2.74. The summed E-state index contributed by atoms with van der Waals surface area (Å²) in [6.45, 7) is 14.9. The van der Waals surface area contributed by atoms with Crippen LogP contribution in [0.15, 0.2) is 0 Å². The summed E-state index contributed by atoms with van der Waals surface area (Å²) >= 11 is -0.929. The fourth-order valence-corrected chi connectivity index (χ4v) is 4.00. The summed E-state index contributed by atoms with van der Waals surface area (Å²) < 4.78 is 10.6. The molecule has 0 saturated carbocycles. The van der Waals surface area contributed by atoms with Gasteiger partial charge >= 0.3 is 68.0 Å². The summed E-state index contributed by atoms with van der Waals surface area (Å²) in [4.78, 5) is 42.6. The molecule has 0 amide bonds. The van der Waals surface area contributed by atoms with E-state index in [-0.39, 0.29) is 11.6 Å². The van der Waals surface area contributed by atoms with Gasteiger partial charge in [0, 0.05) is 0 Å². The predicted octanol–water partition coefficient (Wildman–Crippen LogP) is 3.19. The number of carbonyl (C=O) groups excluding carboxylic acids is 4. The van der Waals surface area contributed by atoms with Crippen molar-refractivity contribution in [1.29, 1.82) is 0 Å². The van der Waals surface area contributed by atoms with Crippen LogP contribution in [-0.4, -0.2) is 57.7 Å². The van der Waals surface area contributed by atoms with Crippen LogP contribution in [0.4, 0.5) is 0 Å². The van der Waals surface area contributed by atoms with E-state index in [1.54, 1.807) is 0 Å². The summed E-state index contributed by atoms with van der Waals surface area (Å²) in [5, 5.41) is 20.9. The second-order valence-electron chi connectivity index (χ2n) is 9.08. The number of hydrogen-bond acceptors (Lipinski definition) is 8. The van der Waals surface area contributed by atoms with Crippen molar-refractivity contribution in [3.8, 4) is 0 Å². The van der Waals surface area contributed by atoms with E-state index in [0.717, 1.165) is 51.4 Å². The van der Waals surface area contributed by atoms with Crippen molar-refractivity contribution < 1.29 is 35.5 Å². The molecule has 9 heteroatoms. The topological polar surface area (TPSA) is 133 Å². The monoisotopic (exact) mass is 608 g/mol. The summed E-state index contributed by atoms with van der Waals surface area (Å²) in [7, 11) is 0. The van der Waals surface area contributed by atoms with Crippen LogP contribution in [0.2, 0.25) is 0 Å². The van der Waals surface area contributed by atoms with Crippen molar-refractivity contribution in [2.45, 2.75) is 132 Å². The first-order valence-electron chi connectivity index (χ1n) is 12.8. The predicted molar refractivity (Wildman–Crippen MR) is 134 cm³/mol. The molecule has 2 atom stereocenters. The zero-order valence-electron chi connectivity index (χ0n) is 23.1. The summed E-state index contributed by atoms with van der Waals surface area (Å²) in [5.74, 6) is -4.84. The molecule has 35 heavy (non-hydrogen) atoms. The normalized spacial score (nSPS) is 11.9. The maximum Gasteiger partial charge on any atom is 0.138 e. The van der Waals surface area contributed by atoms with Crippen LogP contribution in [0.3, 0.4) is 0 Å². The van der Waals surface area contributed by atoms with Crippen molar-refractivity contribution in [3.63, 3.8) is 0 Å². The molecule has 0 aromatic rings. The first kappa shape index (κ1) is 38.5. The molecule has 0 aromatic carbocycles. The summed E-state index contributed by atoms with van der Waals surface area (Å²) in [5.41, 5.74) is 0. The molecule has 0 spiro atoms. The van der Waals surface area contributed by atoms with Crippen molar-refractivity contribution >= 4 is 45.5 Å². The van der Waals surface area contributed by atoms with Gasteiger partial charge in [0.1, 0.15) is 11.6 Å². The molecule has 0 bridgehead atoms. The maximum absolute atomic E-state index is 10.8. The van der Waals surface area contributed by atoms with Crippen molar-refractivity contribution in [2.75, 3.05) is 0 Å². The van der Waals surface area contributed by atoms with Gasteiger partial charge in [-0.05, 0) is 26.7 Å². The first-order valence-corrected chi connectivity index (χ1v) is 15.1. The standard InChI is InChI=1S/2C10H18O3.2C3H7O.Sn/c2*1-3-4-5-6-7-9(8(2)11)10(12)13;2*1-3(2)4;/h2*9H,3-7H2,1-2H3,(H,12,13);2*3H,1-2H3;/q;;2*-1;+4/p-2. The SMILES string of the molecule is CC(C)[O][Sn+2][O]C(C)C.CCCCCCC(C(C)=O)C(=O)[O-].CCCCCCC(C(C)=O)C(=O)[O-]. The molecule has 0 N–H and O–H groups in total. The van der Waals surface area contributed by atoms with Crippen LogP contribution < -0.4 is 10.2 Å². The van der Waals surface area contributed by atoms with E-state index < -0.39 is 45.7 Å². The van der Waals surface area contributed by atoms with E-state index in [4.69, 9.17) is 6.15 Å². The molecule has 0 radical (unpaired) electrons. The Hall–Kier alpha value is -1.00. The van der Waals surface area contributed by atoms with Gasteiger partial charge < -0.3 is 19.8 Å². The van der Waals surface area contributed by atoms with Gasteiger partial charge in [-0.1, -0.05) is 65.2 Å². The van der Waals surface area contributed by atoms with E-state index in [1.807, 2.05) is 27.7 Å². The Balaban J connectivity index is -0.000000448. The Kier molecular flexibility index (Phi) is 28.7. The van der Waals surface area contributed by atoms with Crippen LogP contribution in [0.5, 0.6) is 0 Å². The number of carboxylic acid groups (broad SMARTS) is 2. The minimum atomic E-state index is -1.23. The second kappa shape index (κ2) is 26.1. The number of hydrogen-bond donors (Lipinski definition) is 0. The van der Waals surface area contributed by atoms with Gasteiger partial charge in [-0.25, -0.2) is 0 Å². The molecule has 0 aliphatic carbocycles. The third-order valence-corrected chi connectivity index (χ3v) is 8.05. The molecule has 0 fully saturated rings. The number of carbonyl (C=O) groups is 4. The Labute approximate surface area is 224 Å². The Morgan fingerprint density at radius 2 is 0.943 bits per heavy atom. The number of ketones is 2. The van der Waals surface area contributed by atoms with Crippen molar-refractivity contribution in [3.05, 3.63) is 0 Å². The largest absolute Gasteiger partial charge is 0.549 e. The van der Waals surface area contributed by atoms with Crippen LogP contribution in [0, 0.1) is 11.8 Å². The van der Waals surface area contributed by atoms with Crippen LogP contribution in [-0.2, 0) is 25.3 Å². The molecular weight excluding hydrogens is 559 g/mol. The van der Waals surface area contributed by atoms with Crippen LogP contribution in [0.25, 0.3) is 0 Å².